The SMILES string of the molecule is Cc1ccccc1C(=O)CCN1CC(C)C(N(C)C)C1. The van der Waals surface area contributed by atoms with Crippen LogP contribution in [-0.2, 0) is 0 Å². The van der Waals surface area contributed by atoms with Crippen LogP contribution >= 0.6 is 0 Å². The number of likely N-dealkylation sites (N-methyl/N-ethyl adjacent to an activating group) is 1. The van der Waals surface area contributed by atoms with Crippen LogP contribution in [0.4, 0.5) is 0 Å². The molecular weight excluding hydrogens is 248 g/mol. The molecule has 2 atom stereocenters. The molecule has 0 radical (unpaired) electrons. The van der Waals surface area contributed by atoms with E-state index in [1.807, 2.05) is 31.2 Å². The zero-order valence-corrected chi connectivity index (χ0v) is 13.1. The van der Waals surface area contributed by atoms with E-state index in [0.717, 1.165) is 30.8 Å². The van der Waals surface area contributed by atoms with Gasteiger partial charge in [0.2, 0.25) is 0 Å². The number of Topliss-reactive ketones (excluding diaryl/α,β-unsaturated/α-hetero) is 1. The van der Waals surface area contributed by atoms with Crippen LogP contribution in [0.3, 0.4) is 0 Å². The molecule has 0 aromatic heterocycles. The molecule has 0 bridgehead atoms. The van der Waals surface area contributed by atoms with Gasteiger partial charge in [-0.25, -0.2) is 0 Å². The quantitative estimate of drug-likeness (QED) is 0.771. The number of nitrogens with zero attached hydrogens (tertiary/aromatic N) is 2. The summed E-state index contributed by atoms with van der Waals surface area (Å²) < 4.78 is 0. The molecule has 2 rings (SSSR count). The summed E-state index contributed by atoms with van der Waals surface area (Å²) in [5.41, 5.74) is 1.96. The third-order valence-corrected chi connectivity index (χ3v) is 4.41. The summed E-state index contributed by atoms with van der Waals surface area (Å²) in [7, 11) is 4.28. The molecule has 3 nitrogen and oxygen atoms in total. The van der Waals surface area contributed by atoms with Crippen LogP contribution in [0.5, 0.6) is 0 Å². The summed E-state index contributed by atoms with van der Waals surface area (Å²) >= 11 is 0. The minimum atomic E-state index is 0.268. The van der Waals surface area contributed by atoms with Crippen LogP contribution < -0.4 is 0 Å². The Morgan fingerprint density at radius 3 is 2.60 bits per heavy atom. The first-order chi connectivity index (χ1) is 9.49. The van der Waals surface area contributed by atoms with Gasteiger partial charge in [0.1, 0.15) is 0 Å². The van der Waals surface area contributed by atoms with Gasteiger partial charge in [0.25, 0.3) is 0 Å². The van der Waals surface area contributed by atoms with Crippen LogP contribution in [0.1, 0.15) is 29.3 Å². The van der Waals surface area contributed by atoms with Crippen molar-refractivity contribution in [3.05, 3.63) is 35.4 Å². The molecule has 0 spiro atoms. The second-order valence-electron chi connectivity index (χ2n) is 6.26. The zero-order chi connectivity index (χ0) is 14.7. The lowest BCUT2D eigenvalue weighted by Gasteiger charge is -2.22. The molecule has 0 amide bonds. The molecule has 1 aliphatic rings. The van der Waals surface area contributed by atoms with Gasteiger partial charge in [0.15, 0.2) is 5.78 Å². The van der Waals surface area contributed by atoms with Gasteiger partial charge < -0.3 is 9.80 Å². The second-order valence-corrected chi connectivity index (χ2v) is 6.26. The van der Waals surface area contributed by atoms with Crippen LogP contribution in [0.2, 0.25) is 0 Å². The maximum Gasteiger partial charge on any atom is 0.164 e. The number of ketones is 1. The van der Waals surface area contributed by atoms with Gasteiger partial charge in [0, 0.05) is 37.7 Å². The minimum Gasteiger partial charge on any atom is -0.305 e. The highest BCUT2D eigenvalue weighted by molar-refractivity contribution is 5.97. The number of carbonyl (C=O) groups excluding carboxylic acids is 1. The Hall–Kier alpha value is -1.19. The summed E-state index contributed by atoms with van der Waals surface area (Å²) in [5.74, 6) is 0.947. The summed E-state index contributed by atoms with van der Waals surface area (Å²) in [4.78, 5) is 17.0. The van der Waals surface area contributed by atoms with Gasteiger partial charge in [0.05, 0.1) is 0 Å². The fraction of sp³-hybridized carbons (Fsp3) is 0.588. The lowest BCUT2D eigenvalue weighted by atomic mass is 10.0. The van der Waals surface area contributed by atoms with Crippen molar-refractivity contribution in [1.82, 2.24) is 9.80 Å². The maximum atomic E-state index is 12.3. The van der Waals surface area contributed by atoms with Crippen molar-refractivity contribution < 1.29 is 4.79 Å². The van der Waals surface area contributed by atoms with E-state index in [-0.39, 0.29) is 5.78 Å². The van der Waals surface area contributed by atoms with Gasteiger partial charge >= 0.3 is 0 Å². The van der Waals surface area contributed by atoms with Gasteiger partial charge in [-0.2, -0.15) is 0 Å². The number of benzene rings is 1. The fourth-order valence-electron chi connectivity index (χ4n) is 3.18. The van der Waals surface area contributed by atoms with Crippen molar-refractivity contribution >= 4 is 5.78 Å². The molecule has 0 N–H and O–H groups in total. The Balaban J connectivity index is 1.88. The van der Waals surface area contributed by atoms with Gasteiger partial charge in [-0.1, -0.05) is 31.2 Å². The molecule has 0 aliphatic carbocycles. The van der Waals surface area contributed by atoms with E-state index in [4.69, 9.17) is 0 Å². The average molecular weight is 274 g/mol. The Bertz CT molecular complexity index is 470. The normalized spacial score (nSPS) is 23.4. The average Bonchev–Trinajstić information content (AvgIpc) is 2.78. The van der Waals surface area contributed by atoms with E-state index in [1.165, 1.54) is 0 Å². The van der Waals surface area contributed by atoms with E-state index in [1.54, 1.807) is 0 Å². The van der Waals surface area contributed by atoms with Crippen molar-refractivity contribution in [3.8, 4) is 0 Å². The number of carbonyl (C=O) groups is 1. The largest absolute Gasteiger partial charge is 0.305 e. The molecule has 20 heavy (non-hydrogen) atoms. The highest BCUT2D eigenvalue weighted by Crippen LogP contribution is 2.20. The lowest BCUT2D eigenvalue weighted by Crippen LogP contribution is -2.34. The standard InChI is InChI=1S/C17H26N2O/c1-13-7-5-6-8-15(13)17(20)9-10-19-11-14(2)16(12-19)18(3)4/h5-8,14,16H,9-12H2,1-4H3. The molecule has 1 aromatic rings. The molecule has 1 saturated heterocycles. The first-order valence-electron chi connectivity index (χ1n) is 7.46. The molecule has 110 valence electrons. The Morgan fingerprint density at radius 2 is 2.00 bits per heavy atom. The first kappa shape index (κ1) is 15.2. The molecule has 2 unspecified atom stereocenters. The lowest BCUT2D eigenvalue weighted by molar-refractivity contribution is 0.0967. The van der Waals surface area contributed by atoms with Crippen molar-refractivity contribution in [2.24, 2.45) is 5.92 Å². The molecule has 1 aromatic carbocycles. The predicted molar refractivity (Wildman–Crippen MR) is 83.2 cm³/mol. The number of hydrogen-bond acceptors (Lipinski definition) is 3. The van der Waals surface area contributed by atoms with E-state index in [2.05, 4.69) is 30.8 Å². The predicted octanol–water partition coefficient (Wildman–Crippen LogP) is 2.45. The number of likely N-dealkylation sites (tertiary alicyclic amines) is 1. The summed E-state index contributed by atoms with van der Waals surface area (Å²) in [6, 6.07) is 8.49. The number of hydrogen-bond donors (Lipinski definition) is 0. The van der Waals surface area contributed by atoms with Crippen LogP contribution in [-0.4, -0.2) is 55.4 Å². The van der Waals surface area contributed by atoms with Crippen LogP contribution in [0.25, 0.3) is 0 Å². The van der Waals surface area contributed by atoms with Crippen molar-refractivity contribution in [2.75, 3.05) is 33.7 Å². The monoisotopic (exact) mass is 274 g/mol. The molecule has 0 saturated carbocycles. The Labute approximate surface area is 122 Å². The van der Waals surface area contributed by atoms with E-state index in [0.29, 0.717) is 18.4 Å². The summed E-state index contributed by atoms with van der Waals surface area (Å²) in [6.07, 6.45) is 0.623. The molecule has 3 heteroatoms. The molecule has 1 aliphatic heterocycles. The minimum absolute atomic E-state index is 0.268. The molecular formula is C17H26N2O. The number of aryl methyl sites for hydroxylation is 1. The van der Waals surface area contributed by atoms with Crippen molar-refractivity contribution in [2.45, 2.75) is 26.3 Å². The van der Waals surface area contributed by atoms with Crippen LogP contribution in [0.15, 0.2) is 24.3 Å². The van der Waals surface area contributed by atoms with Crippen molar-refractivity contribution in [3.63, 3.8) is 0 Å². The third-order valence-electron chi connectivity index (χ3n) is 4.41. The highest BCUT2D eigenvalue weighted by atomic mass is 16.1. The summed E-state index contributed by atoms with van der Waals surface area (Å²) in [5, 5.41) is 0. The van der Waals surface area contributed by atoms with Gasteiger partial charge in [-0.05, 0) is 32.5 Å². The topological polar surface area (TPSA) is 23.6 Å². The first-order valence-corrected chi connectivity index (χ1v) is 7.46. The zero-order valence-electron chi connectivity index (χ0n) is 13.1. The van der Waals surface area contributed by atoms with Gasteiger partial charge in [-0.3, -0.25) is 4.79 Å². The van der Waals surface area contributed by atoms with Crippen molar-refractivity contribution in [1.29, 1.82) is 0 Å². The van der Waals surface area contributed by atoms with Gasteiger partial charge in [-0.15, -0.1) is 0 Å². The number of rotatable bonds is 5. The fourth-order valence-corrected chi connectivity index (χ4v) is 3.18. The second kappa shape index (κ2) is 6.51. The highest BCUT2D eigenvalue weighted by Gasteiger charge is 2.30. The molecule has 1 heterocycles. The van der Waals surface area contributed by atoms with E-state index < -0.39 is 0 Å². The summed E-state index contributed by atoms with van der Waals surface area (Å²) in [6.45, 7) is 7.36. The Morgan fingerprint density at radius 1 is 1.30 bits per heavy atom. The Kier molecular flexibility index (Phi) is 4.95. The van der Waals surface area contributed by atoms with E-state index >= 15 is 0 Å². The van der Waals surface area contributed by atoms with E-state index in [9.17, 15) is 4.79 Å². The smallest absolute Gasteiger partial charge is 0.164 e. The van der Waals surface area contributed by atoms with Crippen LogP contribution in [0, 0.1) is 12.8 Å². The maximum absolute atomic E-state index is 12.3. The third kappa shape index (κ3) is 3.47. The molecule has 1 fully saturated rings.